The molecule has 0 radical (unpaired) electrons. The zero-order valence-corrected chi connectivity index (χ0v) is 11.1. The number of nitrogens with zero attached hydrogens (tertiary/aromatic N) is 2. The van der Waals surface area contributed by atoms with E-state index in [0.717, 1.165) is 27.7 Å². The van der Waals surface area contributed by atoms with Crippen LogP contribution in [0.4, 0.5) is 16.6 Å². The maximum atomic E-state index is 4.16. The molecule has 0 aromatic carbocycles. The van der Waals surface area contributed by atoms with Gasteiger partial charge in [-0.15, -0.1) is 11.3 Å². The van der Waals surface area contributed by atoms with Gasteiger partial charge in [0.15, 0.2) is 0 Å². The highest BCUT2D eigenvalue weighted by molar-refractivity contribution is 9.10. The third kappa shape index (κ3) is 2.93. The maximum absolute atomic E-state index is 4.16. The van der Waals surface area contributed by atoms with Crippen LogP contribution >= 0.6 is 27.3 Å². The fourth-order valence-corrected chi connectivity index (χ4v) is 2.54. The quantitative estimate of drug-likeness (QED) is 0.907. The molecule has 0 atom stereocenters. The van der Waals surface area contributed by atoms with E-state index in [1.54, 1.807) is 17.7 Å². The number of hydrogen-bond donors (Lipinski definition) is 2. The first kappa shape index (κ1) is 11.3. The molecule has 2 aromatic heterocycles. The third-order valence-electron chi connectivity index (χ3n) is 1.84. The average Bonchev–Trinajstić information content (AvgIpc) is 2.65. The van der Waals surface area contributed by atoms with Crippen molar-refractivity contribution in [1.82, 2.24) is 9.97 Å². The van der Waals surface area contributed by atoms with Gasteiger partial charge in [-0.05, 0) is 28.9 Å². The Morgan fingerprint density at radius 2 is 2.12 bits per heavy atom. The Bertz CT molecular complexity index is 471. The smallest absolute Gasteiger partial charge is 0.136 e. The van der Waals surface area contributed by atoms with E-state index in [2.05, 4.69) is 36.5 Å². The molecular formula is C10H11BrN4S. The molecule has 0 saturated carbocycles. The highest BCUT2D eigenvalue weighted by Gasteiger charge is 2.00. The van der Waals surface area contributed by atoms with Gasteiger partial charge < -0.3 is 10.6 Å². The summed E-state index contributed by atoms with van der Waals surface area (Å²) in [6, 6.07) is 3.90. The van der Waals surface area contributed by atoms with E-state index >= 15 is 0 Å². The van der Waals surface area contributed by atoms with Crippen molar-refractivity contribution in [3.63, 3.8) is 0 Å². The fraction of sp³-hybridized carbons (Fsp3) is 0.200. The normalized spacial score (nSPS) is 10.1. The van der Waals surface area contributed by atoms with Crippen LogP contribution in [0, 0.1) is 0 Å². The van der Waals surface area contributed by atoms with Crippen LogP contribution in [0.25, 0.3) is 0 Å². The number of anilines is 3. The summed E-state index contributed by atoms with van der Waals surface area (Å²) in [5, 5.41) is 9.43. The van der Waals surface area contributed by atoms with E-state index in [1.807, 2.05) is 24.4 Å². The van der Waals surface area contributed by atoms with E-state index in [-0.39, 0.29) is 0 Å². The molecule has 6 heteroatoms. The predicted octanol–water partition coefficient (Wildman–Crippen LogP) is 3.48. The third-order valence-corrected chi connectivity index (χ3v) is 3.45. The van der Waals surface area contributed by atoms with Crippen molar-refractivity contribution in [2.75, 3.05) is 17.2 Å². The molecule has 16 heavy (non-hydrogen) atoms. The first-order valence-corrected chi connectivity index (χ1v) is 6.52. The largest absolute Gasteiger partial charge is 0.370 e. The Kier molecular flexibility index (Phi) is 3.74. The number of rotatable bonds is 4. The first-order valence-electron chi connectivity index (χ1n) is 4.85. The van der Waals surface area contributed by atoms with Crippen LogP contribution in [0.5, 0.6) is 0 Å². The van der Waals surface area contributed by atoms with E-state index in [4.69, 9.17) is 0 Å². The monoisotopic (exact) mass is 298 g/mol. The minimum atomic E-state index is 0.792. The molecule has 84 valence electrons. The molecule has 0 aliphatic carbocycles. The highest BCUT2D eigenvalue weighted by Crippen LogP contribution is 2.27. The van der Waals surface area contributed by atoms with Gasteiger partial charge in [-0.25, -0.2) is 9.97 Å². The van der Waals surface area contributed by atoms with Crippen molar-refractivity contribution in [2.45, 2.75) is 6.92 Å². The van der Waals surface area contributed by atoms with Crippen LogP contribution < -0.4 is 10.6 Å². The molecule has 2 rings (SSSR count). The Morgan fingerprint density at radius 3 is 2.81 bits per heavy atom. The van der Waals surface area contributed by atoms with Crippen LogP contribution in [-0.2, 0) is 0 Å². The minimum Gasteiger partial charge on any atom is -0.370 e. The van der Waals surface area contributed by atoms with Gasteiger partial charge in [0.1, 0.15) is 18.0 Å². The summed E-state index contributed by atoms with van der Waals surface area (Å²) in [5.74, 6) is 1.62. The summed E-state index contributed by atoms with van der Waals surface area (Å²) in [6.45, 7) is 2.88. The summed E-state index contributed by atoms with van der Waals surface area (Å²) in [7, 11) is 0. The molecular weight excluding hydrogens is 288 g/mol. The zero-order valence-electron chi connectivity index (χ0n) is 8.70. The first-order chi connectivity index (χ1) is 7.78. The average molecular weight is 299 g/mol. The number of halogens is 1. The van der Waals surface area contributed by atoms with Gasteiger partial charge in [-0.2, -0.15) is 0 Å². The molecule has 0 unspecified atom stereocenters. The standard InChI is InChI=1S/C10H11BrN4S/c1-2-12-8-4-9(14-6-13-8)15-10-3-7(11)5-16-10/h3-6H,2H2,1H3,(H2,12,13,14,15). The molecule has 0 saturated heterocycles. The van der Waals surface area contributed by atoms with Crippen LogP contribution in [0.1, 0.15) is 6.92 Å². The lowest BCUT2D eigenvalue weighted by molar-refractivity contribution is 1.11. The summed E-state index contributed by atoms with van der Waals surface area (Å²) in [6.07, 6.45) is 1.54. The second-order valence-corrected chi connectivity index (χ2v) is 4.90. The molecule has 2 aromatic rings. The second kappa shape index (κ2) is 5.27. The molecule has 4 nitrogen and oxygen atoms in total. The minimum absolute atomic E-state index is 0.792. The lowest BCUT2D eigenvalue weighted by Crippen LogP contribution is -2.01. The van der Waals surface area contributed by atoms with Crippen molar-refractivity contribution in [2.24, 2.45) is 0 Å². The van der Waals surface area contributed by atoms with Gasteiger partial charge in [0.2, 0.25) is 0 Å². The van der Waals surface area contributed by atoms with Crippen molar-refractivity contribution < 1.29 is 0 Å². The van der Waals surface area contributed by atoms with Gasteiger partial charge in [0.25, 0.3) is 0 Å². The van der Waals surface area contributed by atoms with Gasteiger partial charge in [-0.1, -0.05) is 0 Å². The van der Waals surface area contributed by atoms with Gasteiger partial charge in [-0.3, -0.25) is 0 Å². The Hall–Kier alpha value is -1.14. The van der Waals surface area contributed by atoms with Crippen molar-refractivity contribution in [1.29, 1.82) is 0 Å². The molecule has 2 heterocycles. The molecule has 0 fully saturated rings. The van der Waals surface area contributed by atoms with Crippen LogP contribution in [0.15, 0.2) is 28.3 Å². The van der Waals surface area contributed by atoms with Crippen LogP contribution in [0.2, 0.25) is 0 Å². The second-order valence-electron chi connectivity index (χ2n) is 3.07. The van der Waals surface area contributed by atoms with Crippen molar-refractivity contribution in [3.8, 4) is 0 Å². The van der Waals surface area contributed by atoms with E-state index < -0.39 is 0 Å². The Balaban J connectivity index is 2.12. The van der Waals surface area contributed by atoms with E-state index in [0.29, 0.717) is 0 Å². The predicted molar refractivity (Wildman–Crippen MR) is 71.5 cm³/mol. The SMILES string of the molecule is CCNc1cc(Nc2cc(Br)cs2)ncn1. The molecule has 0 bridgehead atoms. The molecule has 0 aliphatic rings. The fourth-order valence-electron chi connectivity index (χ4n) is 1.21. The molecule has 2 N–H and O–H groups in total. The summed E-state index contributed by atoms with van der Waals surface area (Å²) < 4.78 is 1.07. The number of thiophene rings is 1. The molecule has 0 amide bonds. The van der Waals surface area contributed by atoms with Crippen molar-refractivity contribution >= 4 is 43.9 Å². The summed E-state index contributed by atoms with van der Waals surface area (Å²) >= 11 is 5.03. The molecule has 0 spiro atoms. The maximum Gasteiger partial charge on any atom is 0.136 e. The number of hydrogen-bond acceptors (Lipinski definition) is 5. The number of aromatic nitrogens is 2. The van der Waals surface area contributed by atoms with Crippen molar-refractivity contribution in [3.05, 3.63) is 28.3 Å². The topological polar surface area (TPSA) is 49.8 Å². The lowest BCUT2D eigenvalue weighted by Gasteiger charge is -2.05. The van der Waals surface area contributed by atoms with Gasteiger partial charge in [0, 0.05) is 22.5 Å². The zero-order chi connectivity index (χ0) is 11.4. The summed E-state index contributed by atoms with van der Waals surface area (Å²) in [5.41, 5.74) is 0. The van der Waals surface area contributed by atoms with Gasteiger partial charge in [0.05, 0.1) is 5.00 Å². The van der Waals surface area contributed by atoms with E-state index in [1.165, 1.54) is 0 Å². The van der Waals surface area contributed by atoms with Crippen LogP contribution in [0.3, 0.4) is 0 Å². The lowest BCUT2D eigenvalue weighted by atomic mass is 10.5. The highest BCUT2D eigenvalue weighted by atomic mass is 79.9. The number of nitrogens with one attached hydrogen (secondary N) is 2. The Morgan fingerprint density at radius 1 is 1.31 bits per heavy atom. The van der Waals surface area contributed by atoms with Crippen LogP contribution in [-0.4, -0.2) is 16.5 Å². The van der Waals surface area contributed by atoms with E-state index in [9.17, 15) is 0 Å². The van der Waals surface area contributed by atoms with Gasteiger partial charge >= 0.3 is 0 Å². The Labute approximate surface area is 106 Å². The summed E-state index contributed by atoms with van der Waals surface area (Å²) in [4.78, 5) is 8.26. The molecule has 0 aliphatic heterocycles.